The molecule has 1 N–H and O–H groups in total. The van der Waals surface area contributed by atoms with E-state index in [-0.39, 0.29) is 0 Å². The lowest BCUT2D eigenvalue weighted by Crippen LogP contribution is -2.11. The average Bonchev–Trinajstić information content (AvgIpc) is 2.54. The molecule has 0 unspecified atom stereocenters. The van der Waals surface area contributed by atoms with E-state index in [1.165, 1.54) is 83.5 Å². The molecule has 0 aromatic carbocycles. The van der Waals surface area contributed by atoms with E-state index in [4.69, 9.17) is 4.98 Å². The van der Waals surface area contributed by atoms with Crippen LogP contribution in [0.25, 0.3) is 0 Å². The molecule has 1 aliphatic carbocycles. The van der Waals surface area contributed by atoms with Crippen LogP contribution in [0.4, 0.5) is 5.95 Å². The SMILES string of the molecule is CCCCCCCCNc1nncc(C2CCCCCCC2)n1. The van der Waals surface area contributed by atoms with E-state index in [1.807, 2.05) is 6.20 Å². The summed E-state index contributed by atoms with van der Waals surface area (Å²) in [4.78, 5) is 4.73. The topological polar surface area (TPSA) is 50.7 Å². The van der Waals surface area contributed by atoms with E-state index in [0.29, 0.717) is 5.92 Å². The smallest absolute Gasteiger partial charge is 0.242 e. The maximum atomic E-state index is 4.73. The molecular formula is C19H34N4. The van der Waals surface area contributed by atoms with E-state index in [9.17, 15) is 0 Å². The van der Waals surface area contributed by atoms with Crippen LogP contribution in [-0.4, -0.2) is 21.7 Å². The molecule has 1 saturated carbocycles. The summed E-state index contributed by atoms with van der Waals surface area (Å²) in [7, 11) is 0. The molecule has 4 heteroatoms. The minimum atomic E-state index is 0.584. The number of anilines is 1. The van der Waals surface area contributed by atoms with Gasteiger partial charge in [-0.25, -0.2) is 4.98 Å². The normalized spacial score (nSPS) is 16.7. The van der Waals surface area contributed by atoms with Crippen molar-refractivity contribution in [3.05, 3.63) is 11.9 Å². The second kappa shape index (κ2) is 11.4. The van der Waals surface area contributed by atoms with Crippen LogP contribution in [0.2, 0.25) is 0 Å². The molecule has 0 atom stereocenters. The van der Waals surface area contributed by atoms with Crippen LogP contribution in [0.3, 0.4) is 0 Å². The van der Waals surface area contributed by atoms with E-state index < -0.39 is 0 Å². The standard InChI is InChI=1S/C19H34N4/c1-2-3-4-5-9-12-15-20-19-22-18(16-21-23-19)17-13-10-7-6-8-11-14-17/h16-17H,2-15H2,1H3,(H,20,22,23). The lowest BCUT2D eigenvalue weighted by Gasteiger charge is -2.19. The highest BCUT2D eigenvalue weighted by molar-refractivity contribution is 5.23. The molecular weight excluding hydrogens is 284 g/mol. The zero-order chi connectivity index (χ0) is 16.2. The van der Waals surface area contributed by atoms with Gasteiger partial charge in [-0.2, -0.15) is 5.10 Å². The first-order valence-corrected chi connectivity index (χ1v) is 9.83. The summed E-state index contributed by atoms with van der Waals surface area (Å²) in [5.74, 6) is 1.30. The van der Waals surface area contributed by atoms with Crippen LogP contribution in [-0.2, 0) is 0 Å². The molecule has 2 rings (SSSR count). The highest BCUT2D eigenvalue weighted by atomic mass is 15.2. The number of hydrogen-bond donors (Lipinski definition) is 1. The highest BCUT2D eigenvalue weighted by Gasteiger charge is 2.16. The van der Waals surface area contributed by atoms with Crippen LogP contribution < -0.4 is 5.32 Å². The van der Waals surface area contributed by atoms with E-state index in [0.717, 1.165) is 18.2 Å². The number of aromatic nitrogens is 3. The summed E-state index contributed by atoms with van der Waals surface area (Å²) in [6, 6.07) is 0. The molecule has 0 spiro atoms. The predicted molar refractivity (Wildman–Crippen MR) is 96.8 cm³/mol. The number of unbranched alkanes of at least 4 members (excludes halogenated alkanes) is 5. The van der Waals surface area contributed by atoms with Crippen molar-refractivity contribution in [3.63, 3.8) is 0 Å². The summed E-state index contributed by atoms with van der Waals surface area (Å²) >= 11 is 0. The minimum Gasteiger partial charge on any atom is -0.353 e. The number of rotatable bonds is 9. The molecule has 1 heterocycles. The minimum absolute atomic E-state index is 0.584. The fourth-order valence-corrected chi connectivity index (χ4v) is 3.45. The van der Waals surface area contributed by atoms with Crippen LogP contribution in [0, 0.1) is 0 Å². The Kier molecular flexibility index (Phi) is 8.97. The van der Waals surface area contributed by atoms with Crippen molar-refractivity contribution in [2.75, 3.05) is 11.9 Å². The Morgan fingerprint density at radius 1 is 0.957 bits per heavy atom. The summed E-state index contributed by atoms with van der Waals surface area (Å²) in [5, 5.41) is 11.7. The highest BCUT2D eigenvalue weighted by Crippen LogP contribution is 2.29. The quantitative estimate of drug-likeness (QED) is 0.613. The van der Waals surface area contributed by atoms with Crippen LogP contribution in [0.15, 0.2) is 6.20 Å². The first-order valence-electron chi connectivity index (χ1n) is 9.83. The molecule has 0 bridgehead atoms. The first-order chi connectivity index (χ1) is 11.4. The second-order valence-corrected chi connectivity index (χ2v) is 6.94. The Hall–Kier alpha value is -1.19. The average molecular weight is 319 g/mol. The van der Waals surface area contributed by atoms with Gasteiger partial charge in [0, 0.05) is 12.5 Å². The number of nitrogens with one attached hydrogen (secondary N) is 1. The van der Waals surface area contributed by atoms with Crippen molar-refractivity contribution in [1.29, 1.82) is 0 Å². The van der Waals surface area contributed by atoms with Crippen LogP contribution >= 0.6 is 0 Å². The van der Waals surface area contributed by atoms with Gasteiger partial charge >= 0.3 is 0 Å². The molecule has 1 aromatic heterocycles. The third-order valence-corrected chi connectivity index (χ3v) is 4.91. The first kappa shape index (κ1) is 18.2. The molecule has 1 aliphatic rings. The molecule has 130 valence electrons. The molecule has 0 saturated heterocycles. The van der Waals surface area contributed by atoms with E-state index in [1.54, 1.807) is 0 Å². The van der Waals surface area contributed by atoms with Gasteiger partial charge in [0.05, 0.1) is 11.9 Å². The van der Waals surface area contributed by atoms with Crippen molar-refractivity contribution in [1.82, 2.24) is 15.2 Å². The van der Waals surface area contributed by atoms with E-state index >= 15 is 0 Å². The lowest BCUT2D eigenvalue weighted by molar-refractivity contribution is 0.448. The van der Waals surface area contributed by atoms with Gasteiger partial charge in [-0.3, -0.25) is 0 Å². The van der Waals surface area contributed by atoms with Gasteiger partial charge in [0.25, 0.3) is 0 Å². The maximum Gasteiger partial charge on any atom is 0.242 e. The van der Waals surface area contributed by atoms with Gasteiger partial charge in [0.1, 0.15) is 0 Å². The summed E-state index contributed by atoms with van der Waals surface area (Å²) < 4.78 is 0. The molecule has 0 amide bonds. The fourth-order valence-electron chi connectivity index (χ4n) is 3.45. The third kappa shape index (κ3) is 7.28. The van der Waals surface area contributed by atoms with Crippen LogP contribution in [0.1, 0.15) is 102 Å². The van der Waals surface area contributed by atoms with Gasteiger partial charge in [-0.05, 0) is 19.3 Å². The monoisotopic (exact) mass is 318 g/mol. The molecule has 23 heavy (non-hydrogen) atoms. The Labute approximate surface area is 141 Å². The summed E-state index contributed by atoms with van der Waals surface area (Å²) in [6.07, 6.45) is 19.1. The Bertz CT molecular complexity index is 414. The zero-order valence-electron chi connectivity index (χ0n) is 14.9. The van der Waals surface area contributed by atoms with Crippen molar-refractivity contribution in [2.45, 2.75) is 96.3 Å². The zero-order valence-corrected chi connectivity index (χ0v) is 14.9. The molecule has 0 radical (unpaired) electrons. The maximum absolute atomic E-state index is 4.73. The van der Waals surface area contributed by atoms with Gasteiger partial charge in [-0.1, -0.05) is 71.1 Å². The third-order valence-electron chi connectivity index (χ3n) is 4.91. The van der Waals surface area contributed by atoms with Crippen molar-refractivity contribution >= 4 is 5.95 Å². The van der Waals surface area contributed by atoms with Crippen molar-refractivity contribution < 1.29 is 0 Å². The molecule has 1 fully saturated rings. The van der Waals surface area contributed by atoms with Crippen molar-refractivity contribution in [3.8, 4) is 0 Å². The Balaban J connectivity index is 1.73. The fraction of sp³-hybridized carbons (Fsp3) is 0.842. The van der Waals surface area contributed by atoms with Crippen LogP contribution in [0.5, 0.6) is 0 Å². The van der Waals surface area contributed by atoms with Gasteiger partial charge in [0.2, 0.25) is 5.95 Å². The largest absolute Gasteiger partial charge is 0.353 e. The Morgan fingerprint density at radius 3 is 2.43 bits per heavy atom. The molecule has 0 aliphatic heterocycles. The van der Waals surface area contributed by atoms with Gasteiger partial charge in [0.15, 0.2) is 0 Å². The van der Waals surface area contributed by atoms with E-state index in [2.05, 4.69) is 22.4 Å². The Morgan fingerprint density at radius 2 is 1.65 bits per heavy atom. The van der Waals surface area contributed by atoms with Gasteiger partial charge < -0.3 is 5.32 Å². The van der Waals surface area contributed by atoms with Gasteiger partial charge in [-0.15, -0.1) is 5.10 Å². The molecule has 1 aromatic rings. The predicted octanol–water partition coefficient (Wildman–Crippen LogP) is 5.47. The summed E-state index contributed by atoms with van der Waals surface area (Å²) in [5.41, 5.74) is 1.15. The number of nitrogens with zero attached hydrogens (tertiary/aromatic N) is 3. The second-order valence-electron chi connectivity index (χ2n) is 6.94. The lowest BCUT2D eigenvalue weighted by atomic mass is 9.89. The summed E-state index contributed by atoms with van der Waals surface area (Å²) in [6.45, 7) is 3.22. The number of hydrogen-bond acceptors (Lipinski definition) is 4. The van der Waals surface area contributed by atoms with Crippen molar-refractivity contribution in [2.24, 2.45) is 0 Å². The molecule has 4 nitrogen and oxygen atoms in total.